The predicted octanol–water partition coefficient (Wildman–Crippen LogP) is 2.86. The maximum atomic E-state index is 12.7. The van der Waals surface area contributed by atoms with E-state index in [1.165, 1.54) is 26.0 Å². The number of aryl methyl sites for hydroxylation is 2. The Morgan fingerprint density at radius 1 is 0.931 bits per heavy atom. The summed E-state index contributed by atoms with van der Waals surface area (Å²) in [4.78, 5) is 50.7. The molecule has 0 atom stereocenters. The molecule has 0 saturated carbocycles. The van der Waals surface area contributed by atoms with Crippen LogP contribution in [-0.4, -0.2) is 40.7 Å². The number of hydrogen-bond donors (Lipinski definition) is 1. The summed E-state index contributed by atoms with van der Waals surface area (Å²) < 4.78 is 5.31. The number of ether oxygens (including phenoxy) is 1. The van der Waals surface area contributed by atoms with Crippen molar-refractivity contribution in [3.05, 3.63) is 64.7 Å². The summed E-state index contributed by atoms with van der Waals surface area (Å²) in [6.07, 6.45) is 0. The lowest BCUT2D eigenvalue weighted by Gasteiger charge is -2.26. The van der Waals surface area contributed by atoms with Crippen molar-refractivity contribution in [1.29, 1.82) is 0 Å². The first-order valence-corrected chi connectivity index (χ1v) is 9.16. The number of esters is 1. The highest BCUT2D eigenvalue weighted by Gasteiger charge is 2.39. The molecule has 1 N–H and O–H groups in total. The minimum Gasteiger partial charge on any atom is -0.448 e. The van der Waals surface area contributed by atoms with Crippen molar-refractivity contribution in [2.75, 3.05) is 11.9 Å². The van der Waals surface area contributed by atoms with Gasteiger partial charge in [0.15, 0.2) is 5.60 Å². The first-order chi connectivity index (χ1) is 13.6. The minimum absolute atomic E-state index is 0.248. The van der Waals surface area contributed by atoms with Crippen molar-refractivity contribution in [3.63, 3.8) is 0 Å². The summed E-state index contributed by atoms with van der Waals surface area (Å²) in [6, 6.07) is 12.0. The van der Waals surface area contributed by atoms with Crippen molar-refractivity contribution in [1.82, 2.24) is 4.90 Å². The quantitative estimate of drug-likeness (QED) is 0.622. The Hall–Kier alpha value is -3.48. The van der Waals surface area contributed by atoms with Crippen LogP contribution in [0.4, 0.5) is 5.69 Å². The third-order valence-corrected chi connectivity index (χ3v) is 4.80. The molecule has 7 heteroatoms. The number of carbonyl (C=O) groups is 4. The van der Waals surface area contributed by atoms with E-state index in [2.05, 4.69) is 5.32 Å². The van der Waals surface area contributed by atoms with Crippen LogP contribution in [0.2, 0.25) is 0 Å². The number of anilines is 1. The second kappa shape index (κ2) is 7.50. The highest BCUT2D eigenvalue weighted by Crippen LogP contribution is 2.24. The van der Waals surface area contributed by atoms with Gasteiger partial charge in [0.05, 0.1) is 11.1 Å². The SMILES string of the molecule is Cc1cccc(C)c1NC(=O)C(C)(C)OC(=O)CN1C(=O)c2ccccc2C1=O. The number of carbonyl (C=O) groups excluding carboxylic acids is 4. The van der Waals surface area contributed by atoms with Gasteiger partial charge in [-0.25, -0.2) is 0 Å². The molecule has 1 aliphatic heterocycles. The molecule has 0 aromatic heterocycles. The van der Waals surface area contributed by atoms with Crippen LogP contribution < -0.4 is 5.32 Å². The second-order valence-electron chi connectivity index (χ2n) is 7.45. The van der Waals surface area contributed by atoms with Crippen LogP contribution in [0, 0.1) is 13.8 Å². The lowest BCUT2D eigenvalue weighted by Crippen LogP contribution is -2.45. The van der Waals surface area contributed by atoms with Crippen molar-refractivity contribution < 1.29 is 23.9 Å². The predicted molar refractivity (Wildman–Crippen MR) is 107 cm³/mol. The molecule has 7 nitrogen and oxygen atoms in total. The Labute approximate surface area is 168 Å². The van der Waals surface area contributed by atoms with E-state index in [1.54, 1.807) is 12.1 Å². The molecule has 1 aliphatic rings. The average molecular weight is 394 g/mol. The molecule has 0 spiro atoms. The molecule has 2 aromatic rings. The molecule has 1 heterocycles. The molecule has 29 heavy (non-hydrogen) atoms. The Kier molecular flexibility index (Phi) is 5.24. The number of hydrogen-bond acceptors (Lipinski definition) is 5. The van der Waals surface area contributed by atoms with E-state index < -0.39 is 35.8 Å². The Morgan fingerprint density at radius 2 is 1.45 bits per heavy atom. The smallest absolute Gasteiger partial charge is 0.327 e. The summed E-state index contributed by atoms with van der Waals surface area (Å²) in [5, 5.41) is 2.79. The summed E-state index contributed by atoms with van der Waals surface area (Å²) >= 11 is 0. The molecule has 0 fully saturated rings. The number of nitrogens with one attached hydrogen (secondary N) is 1. The van der Waals surface area contributed by atoms with Crippen LogP contribution in [0.15, 0.2) is 42.5 Å². The maximum Gasteiger partial charge on any atom is 0.327 e. The molecule has 2 aromatic carbocycles. The van der Waals surface area contributed by atoms with Crippen molar-refractivity contribution in [3.8, 4) is 0 Å². The van der Waals surface area contributed by atoms with E-state index in [-0.39, 0.29) is 11.1 Å². The first kappa shape index (κ1) is 20.3. The summed E-state index contributed by atoms with van der Waals surface area (Å²) in [6.45, 7) is 6.08. The number of fused-ring (bicyclic) bond motifs is 1. The molecular formula is C22H22N2O5. The van der Waals surface area contributed by atoms with Gasteiger partial charge >= 0.3 is 5.97 Å². The molecule has 3 amide bonds. The minimum atomic E-state index is -1.50. The first-order valence-electron chi connectivity index (χ1n) is 9.16. The van der Waals surface area contributed by atoms with Gasteiger partial charge < -0.3 is 10.1 Å². The van der Waals surface area contributed by atoms with E-state index >= 15 is 0 Å². The van der Waals surface area contributed by atoms with Crippen molar-refractivity contribution >= 4 is 29.4 Å². The highest BCUT2D eigenvalue weighted by molar-refractivity contribution is 6.22. The fraction of sp³-hybridized carbons (Fsp3) is 0.273. The fourth-order valence-corrected chi connectivity index (χ4v) is 3.15. The topological polar surface area (TPSA) is 92.8 Å². The standard InChI is InChI=1S/C22H22N2O5/c1-13-8-7-9-14(2)18(13)23-21(28)22(3,4)29-17(25)12-24-19(26)15-10-5-6-11-16(15)20(24)27/h5-11H,12H2,1-4H3,(H,23,28). The zero-order valence-electron chi connectivity index (χ0n) is 16.7. The van der Waals surface area contributed by atoms with Crippen LogP contribution in [-0.2, 0) is 14.3 Å². The number of benzene rings is 2. The largest absolute Gasteiger partial charge is 0.448 e. The van der Waals surface area contributed by atoms with Gasteiger partial charge in [0.25, 0.3) is 17.7 Å². The highest BCUT2D eigenvalue weighted by atomic mass is 16.6. The van der Waals surface area contributed by atoms with E-state index in [1.807, 2.05) is 32.0 Å². The van der Waals surface area contributed by atoms with Crippen LogP contribution >= 0.6 is 0 Å². The van der Waals surface area contributed by atoms with Gasteiger partial charge in [-0.05, 0) is 51.0 Å². The van der Waals surface area contributed by atoms with Crippen LogP contribution in [0.25, 0.3) is 0 Å². The fourth-order valence-electron chi connectivity index (χ4n) is 3.15. The van der Waals surface area contributed by atoms with Gasteiger partial charge in [-0.15, -0.1) is 0 Å². The van der Waals surface area contributed by atoms with Gasteiger partial charge in [-0.1, -0.05) is 30.3 Å². The summed E-state index contributed by atoms with van der Waals surface area (Å²) in [5.41, 5.74) is 1.42. The molecule has 0 unspecified atom stereocenters. The summed E-state index contributed by atoms with van der Waals surface area (Å²) in [7, 11) is 0. The van der Waals surface area contributed by atoms with Gasteiger partial charge in [0.2, 0.25) is 0 Å². The van der Waals surface area contributed by atoms with Gasteiger partial charge in [0.1, 0.15) is 6.54 Å². The monoisotopic (exact) mass is 394 g/mol. The van der Waals surface area contributed by atoms with E-state index in [4.69, 9.17) is 4.74 Å². The Bertz CT molecular complexity index is 970. The number of amides is 3. The molecule has 0 bridgehead atoms. The van der Waals surface area contributed by atoms with E-state index in [0.717, 1.165) is 16.0 Å². The number of imide groups is 1. The zero-order valence-corrected chi connectivity index (χ0v) is 16.7. The molecule has 3 rings (SSSR count). The van der Waals surface area contributed by atoms with Gasteiger partial charge in [-0.2, -0.15) is 0 Å². The van der Waals surface area contributed by atoms with E-state index in [0.29, 0.717) is 5.69 Å². The lowest BCUT2D eigenvalue weighted by atomic mass is 10.1. The second-order valence-corrected chi connectivity index (χ2v) is 7.45. The Morgan fingerprint density at radius 3 is 1.97 bits per heavy atom. The average Bonchev–Trinajstić information content (AvgIpc) is 2.89. The Balaban J connectivity index is 1.68. The van der Waals surface area contributed by atoms with Crippen molar-refractivity contribution in [2.45, 2.75) is 33.3 Å². The lowest BCUT2D eigenvalue weighted by molar-refractivity contribution is -0.162. The molecule has 150 valence electrons. The number of rotatable bonds is 5. The van der Waals surface area contributed by atoms with E-state index in [9.17, 15) is 19.2 Å². The number of nitrogens with zero attached hydrogens (tertiary/aromatic N) is 1. The van der Waals surface area contributed by atoms with Crippen LogP contribution in [0.1, 0.15) is 45.7 Å². The molecular weight excluding hydrogens is 372 g/mol. The van der Waals surface area contributed by atoms with Gasteiger partial charge in [-0.3, -0.25) is 24.1 Å². The molecule has 0 saturated heterocycles. The van der Waals surface area contributed by atoms with Crippen LogP contribution in [0.5, 0.6) is 0 Å². The van der Waals surface area contributed by atoms with Gasteiger partial charge in [0, 0.05) is 5.69 Å². The van der Waals surface area contributed by atoms with Crippen molar-refractivity contribution in [2.24, 2.45) is 0 Å². The van der Waals surface area contributed by atoms with Crippen LogP contribution in [0.3, 0.4) is 0 Å². The maximum absolute atomic E-state index is 12.7. The zero-order chi connectivity index (χ0) is 21.3. The third kappa shape index (κ3) is 3.89. The summed E-state index contributed by atoms with van der Waals surface area (Å²) in [5.74, 6) is -2.47. The molecule has 0 aliphatic carbocycles. The molecule has 0 radical (unpaired) electrons. The normalized spacial score (nSPS) is 13.3. The third-order valence-electron chi connectivity index (χ3n) is 4.80. The number of para-hydroxylation sites is 1.